The summed E-state index contributed by atoms with van der Waals surface area (Å²) in [5, 5.41) is 0. The second-order valence-electron chi connectivity index (χ2n) is 8.91. The monoisotopic (exact) mass is 490 g/mol. The van der Waals surface area contributed by atoms with Gasteiger partial charge in [0.1, 0.15) is 5.82 Å². The van der Waals surface area contributed by atoms with E-state index in [2.05, 4.69) is 0 Å². The van der Waals surface area contributed by atoms with Crippen LogP contribution >= 0.6 is 0 Å². The number of rotatable bonds is 7. The fourth-order valence-electron chi connectivity index (χ4n) is 4.51. The van der Waals surface area contributed by atoms with Crippen molar-refractivity contribution in [2.24, 2.45) is 0 Å². The van der Waals surface area contributed by atoms with Gasteiger partial charge in [0.25, 0.3) is 5.56 Å². The van der Waals surface area contributed by atoms with Crippen LogP contribution in [0.5, 0.6) is 5.75 Å². The molecule has 0 saturated heterocycles. The number of aromatic nitrogens is 2. The second kappa shape index (κ2) is 10.3. The molecule has 0 aliphatic heterocycles. The molecule has 5 nitrogen and oxygen atoms in total. The summed E-state index contributed by atoms with van der Waals surface area (Å²) in [6.45, 7) is 5.24. The highest BCUT2D eigenvalue weighted by Gasteiger charge is 2.24. The van der Waals surface area contributed by atoms with Crippen LogP contribution in [0.25, 0.3) is 11.1 Å². The van der Waals surface area contributed by atoms with E-state index in [9.17, 15) is 14.0 Å². The third-order valence-electron chi connectivity index (χ3n) is 6.63. The maximum atomic E-state index is 15.3. The lowest BCUT2D eigenvalue weighted by atomic mass is 10.0. The lowest BCUT2D eigenvalue weighted by molar-refractivity contribution is 0.387. The van der Waals surface area contributed by atoms with Crippen molar-refractivity contribution in [3.05, 3.63) is 122 Å². The van der Waals surface area contributed by atoms with Gasteiger partial charge < -0.3 is 4.74 Å². The first-order valence-electron chi connectivity index (χ1n) is 11.7. The van der Waals surface area contributed by atoms with E-state index in [0.717, 1.165) is 10.1 Å². The Morgan fingerprint density at radius 2 is 1.58 bits per heavy atom. The van der Waals surface area contributed by atoms with Crippen LogP contribution in [-0.4, -0.2) is 16.2 Å². The third-order valence-corrected chi connectivity index (χ3v) is 6.63. The first kappa shape index (κ1) is 25.1. The molecule has 0 radical (unpaired) electrons. The topological polar surface area (TPSA) is 53.2 Å². The van der Waals surface area contributed by atoms with E-state index in [1.165, 1.54) is 29.9 Å². The van der Waals surface area contributed by atoms with Crippen molar-refractivity contribution >= 4 is 0 Å². The first-order chi connectivity index (χ1) is 17.2. The molecule has 7 heteroatoms. The van der Waals surface area contributed by atoms with Crippen LogP contribution in [0.2, 0.25) is 0 Å². The van der Waals surface area contributed by atoms with Crippen molar-refractivity contribution in [3.63, 3.8) is 0 Å². The summed E-state index contributed by atoms with van der Waals surface area (Å²) in [4.78, 5) is 27.4. The molecule has 0 aliphatic carbocycles. The van der Waals surface area contributed by atoms with Gasteiger partial charge in [-0.05, 0) is 43.0 Å². The van der Waals surface area contributed by atoms with Gasteiger partial charge in [0.05, 0.1) is 19.2 Å². The van der Waals surface area contributed by atoms with Gasteiger partial charge in [0.15, 0.2) is 11.6 Å². The van der Waals surface area contributed by atoms with E-state index in [-0.39, 0.29) is 41.6 Å². The Hall–Kier alpha value is -4.00. The zero-order chi connectivity index (χ0) is 26.0. The summed E-state index contributed by atoms with van der Waals surface area (Å²) in [5.41, 5.74) is 1.10. The molecule has 0 fully saturated rings. The summed E-state index contributed by atoms with van der Waals surface area (Å²) in [6, 6.07) is 18.7. The Morgan fingerprint density at radius 1 is 0.889 bits per heavy atom. The zero-order valence-electron chi connectivity index (χ0n) is 20.7. The predicted molar refractivity (Wildman–Crippen MR) is 137 cm³/mol. The number of benzene rings is 3. The number of nitrogens with zero attached hydrogens (tertiary/aromatic N) is 2. The van der Waals surface area contributed by atoms with Crippen LogP contribution in [0.3, 0.4) is 0 Å². The molecule has 1 aromatic heterocycles. The van der Waals surface area contributed by atoms with E-state index >= 15 is 4.39 Å². The second-order valence-corrected chi connectivity index (χ2v) is 8.91. The number of hydrogen-bond donors (Lipinski definition) is 0. The first-order valence-corrected chi connectivity index (χ1v) is 11.7. The summed E-state index contributed by atoms with van der Waals surface area (Å²) in [5.74, 6) is -1.34. The van der Waals surface area contributed by atoms with E-state index in [4.69, 9.17) is 4.74 Å². The van der Waals surface area contributed by atoms with Crippen LogP contribution in [0.1, 0.15) is 35.2 Å². The fraction of sp³-hybridized carbons (Fsp3) is 0.241. The highest BCUT2D eigenvalue weighted by atomic mass is 19.1. The summed E-state index contributed by atoms with van der Waals surface area (Å²) in [6.07, 6.45) is 0. The van der Waals surface area contributed by atoms with Crippen molar-refractivity contribution in [2.45, 2.75) is 39.8 Å². The van der Waals surface area contributed by atoms with Crippen molar-refractivity contribution in [3.8, 4) is 16.9 Å². The van der Waals surface area contributed by atoms with Gasteiger partial charge in [-0.15, -0.1) is 0 Å². The van der Waals surface area contributed by atoms with Gasteiger partial charge in [-0.3, -0.25) is 13.9 Å². The van der Waals surface area contributed by atoms with Gasteiger partial charge in [-0.2, -0.15) is 0 Å². The quantitative estimate of drug-likeness (QED) is 0.347. The molecule has 4 rings (SSSR count). The Labute approximate surface area is 208 Å². The van der Waals surface area contributed by atoms with E-state index in [1.54, 1.807) is 32.0 Å². The lowest BCUT2D eigenvalue weighted by Crippen LogP contribution is -2.43. The normalized spacial score (nSPS) is 11.9. The molecule has 0 N–H and O–H groups in total. The summed E-state index contributed by atoms with van der Waals surface area (Å²) in [7, 11) is 1.34. The van der Waals surface area contributed by atoms with Crippen LogP contribution < -0.4 is 16.0 Å². The van der Waals surface area contributed by atoms with E-state index in [1.807, 2.05) is 37.3 Å². The average Bonchev–Trinajstić information content (AvgIpc) is 2.87. The van der Waals surface area contributed by atoms with Crippen molar-refractivity contribution < 1.29 is 13.5 Å². The van der Waals surface area contributed by atoms with Crippen LogP contribution in [0.15, 0.2) is 76.3 Å². The minimum Gasteiger partial charge on any atom is -0.494 e. The zero-order valence-corrected chi connectivity index (χ0v) is 20.7. The minimum atomic E-state index is -0.699. The van der Waals surface area contributed by atoms with E-state index in [0.29, 0.717) is 11.1 Å². The number of ether oxygens (including phenoxy) is 1. The molecule has 1 heterocycles. The van der Waals surface area contributed by atoms with Gasteiger partial charge >= 0.3 is 5.69 Å². The molecule has 0 aliphatic rings. The largest absolute Gasteiger partial charge is 0.494 e. The van der Waals surface area contributed by atoms with Gasteiger partial charge in [0.2, 0.25) is 0 Å². The Morgan fingerprint density at radius 3 is 2.25 bits per heavy atom. The van der Waals surface area contributed by atoms with Crippen molar-refractivity contribution in [1.82, 2.24) is 9.13 Å². The molecule has 186 valence electrons. The molecule has 4 aromatic rings. The van der Waals surface area contributed by atoms with Gasteiger partial charge in [0, 0.05) is 23.4 Å². The molecular formula is C29H28F2N2O3. The maximum Gasteiger partial charge on any atom is 0.331 e. The summed E-state index contributed by atoms with van der Waals surface area (Å²) >= 11 is 0. The summed E-state index contributed by atoms with van der Waals surface area (Å²) < 4.78 is 37.7. The standard InChI is InChI=1S/C29H28F2N2O3/c1-18-10-8-14-24(30)23(18)17-32-20(3)26(22-13-9-15-25(36-4)27(22)31)28(34)33(29(32)35)16-19(2)21-11-6-5-7-12-21/h5-15,19H,16-17H2,1-4H3/t19-/m0/s1. The van der Waals surface area contributed by atoms with Gasteiger partial charge in [-0.1, -0.05) is 61.5 Å². The predicted octanol–water partition coefficient (Wildman–Crippen LogP) is 5.43. The number of aryl methyl sites for hydroxylation is 1. The molecule has 0 bridgehead atoms. The lowest BCUT2D eigenvalue weighted by Gasteiger charge is -2.21. The molecule has 0 spiro atoms. The van der Waals surface area contributed by atoms with Crippen LogP contribution in [-0.2, 0) is 13.1 Å². The third kappa shape index (κ3) is 4.61. The van der Waals surface area contributed by atoms with Crippen LogP contribution in [0.4, 0.5) is 8.78 Å². The van der Waals surface area contributed by atoms with E-state index < -0.39 is 22.9 Å². The van der Waals surface area contributed by atoms with Crippen molar-refractivity contribution in [2.75, 3.05) is 7.11 Å². The highest BCUT2D eigenvalue weighted by molar-refractivity contribution is 5.67. The molecule has 36 heavy (non-hydrogen) atoms. The smallest absolute Gasteiger partial charge is 0.331 e. The molecule has 3 aromatic carbocycles. The molecule has 0 amide bonds. The van der Waals surface area contributed by atoms with Crippen molar-refractivity contribution in [1.29, 1.82) is 0 Å². The maximum absolute atomic E-state index is 15.3. The minimum absolute atomic E-state index is 0.0156. The number of methoxy groups -OCH3 is 1. The number of hydrogen-bond acceptors (Lipinski definition) is 3. The van der Waals surface area contributed by atoms with Gasteiger partial charge in [-0.25, -0.2) is 13.6 Å². The Bertz CT molecular complexity index is 1500. The molecule has 1 atom stereocenters. The molecular weight excluding hydrogens is 462 g/mol. The molecule has 0 saturated carbocycles. The Balaban J connectivity index is 1.98. The highest BCUT2D eigenvalue weighted by Crippen LogP contribution is 2.29. The molecule has 0 unspecified atom stereocenters. The fourth-order valence-corrected chi connectivity index (χ4v) is 4.51. The SMILES string of the molecule is COc1cccc(-c2c(C)n(Cc3c(C)cccc3F)c(=O)n(C[C@H](C)c3ccccc3)c2=O)c1F. The van der Waals surface area contributed by atoms with Crippen LogP contribution in [0, 0.1) is 25.5 Å². The number of halogens is 2. The Kier molecular flexibility index (Phi) is 7.20. The average molecular weight is 491 g/mol.